The SMILES string of the molecule is O=C(/C=C/c1cc(O)c(O)c(Cl)c1)c1cccc(Cl)c1. The Kier molecular flexibility index (Phi) is 4.32. The fraction of sp³-hybridized carbons (Fsp3) is 0. The van der Waals surface area contributed by atoms with E-state index < -0.39 is 0 Å². The van der Waals surface area contributed by atoms with Crippen molar-refractivity contribution in [2.24, 2.45) is 0 Å². The zero-order valence-corrected chi connectivity index (χ0v) is 11.7. The van der Waals surface area contributed by atoms with E-state index in [1.807, 2.05) is 0 Å². The molecule has 0 fully saturated rings. The number of phenols is 2. The standard InChI is InChI=1S/C15H10Cl2O3/c16-11-3-1-2-10(8-11)13(18)5-4-9-6-12(17)15(20)14(19)7-9/h1-8,19-20H/b5-4+. The van der Waals surface area contributed by atoms with Crippen LogP contribution in [0.3, 0.4) is 0 Å². The first-order valence-electron chi connectivity index (χ1n) is 5.67. The first kappa shape index (κ1) is 14.4. The molecule has 0 aliphatic carbocycles. The van der Waals surface area contributed by atoms with Crippen LogP contribution in [0.1, 0.15) is 15.9 Å². The van der Waals surface area contributed by atoms with Crippen LogP contribution in [0.15, 0.2) is 42.5 Å². The number of hydrogen-bond acceptors (Lipinski definition) is 3. The number of aromatic hydroxyl groups is 2. The van der Waals surface area contributed by atoms with E-state index in [2.05, 4.69) is 0 Å². The summed E-state index contributed by atoms with van der Waals surface area (Å²) in [6.45, 7) is 0. The van der Waals surface area contributed by atoms with Crippen LogP contribution in [-0.2, 0) is 0 Å². The minimum absolute atomic E-state index is 0.0138. The van der Waals surface area contributed by atoms with E-state index in [0.717, 1.165) is 0 Å². The van der Waals surface area contributed by atoms with Crippen molar-refractivity contribution in [1.82, 2.24) is 0 Å². The van der Waals surface area contributed by atoms with Gasteiger partial charge in [-0.15, -0.1) is 0 Å². The van der Waals surface area contributed by atoms with E-state index in [4.69, 9.17) is 23.2 Å². The van der Waals surface area contributed by atoms with E-state index >= 15 is 0 Å². The summed E-state index contributed by atoms with van der Waals surface area (Å²) in [5.74, 6) is -0.950. The van der Waals surface area contributed by atoms with Gasteiger partial charge in [0.25, 0.3) is 0 Å². The lowest BCUT2D eigenvalue weighted by atomic mass is 10.1. The molecule has 0 aliphatic heterocycles. The summed E-state index contributed by atoms with van der Waals surface area (Å²) < 4.78 is 0. The highest BCUT2D eigenvalue weighted by molar-refractivity contribution is 6.32. The minimum atomic E-state index is -0.384. The molecule has 0 amide bonds. The molecule has 102 valence electrons. The summed E-state index contributed by atoms with van der Waals surface area (Å²) in [4.78, 5) is 11.9. The van der Waals surface area contributed by atoms with Crippen molar-refractivity contribution >= 4 is 35.1 Å². The Morgan fingerprint density at radius 1 is 1.10 bits per heavy atom. The van der Waals surface area contributed by atoms with Crippen LogP contribution in [0.5, 0.6) is 11.5 Å². The maximum atomic E-state index is 11.9. The van der Waals surface area contributed by atoms with E-state index in [1.54, 1.807) is 24.3 Å². The van der Waals surface area contributed by atoms with Gasteiger partial charge in [-0.25, -0.2) is 0 Å². The molecule has 0 unspecified atom stereocenters. The third-order valence-corrected chi connectivity index (χ3v) is 3.13. The van der Waals surface area contributed by atoms with Gasteiger partial charge in [-0.2, -0.15) is 0 Å². The highest BCUT2D eigenvalue weighted by Gasteiger charge is 2.06. The molecule has 0 saturated carbocycles. The van der Waals surface area contributed by atoms with E-state index in [0.29, 0.717) is 16.1 Å². The molecule has 2 N–H and O–H groups in total. The molecule has 0 radical (unpaired) electrons. The third-order valence-electron chi connectivity index (χ3n) is 2.60. The number of rotatable bonds is 3. The first-order valence-corrected chi connectivity index (χ1v) is 6.42. The van der Waals surface area contributed by atoms with Gasteiger partial charge in [0.15, 0.2) is 17.3 Å². The van der Waals surface area contributed by atoms with Crippen molar-refractivity contribution in [3.63, 3.8) is 0 Å². The molecular formula is C15H10Cl2O3. The van der Waals surface area contributed by atoms with Gasteiger partial charge >= 0.3 is 0 Å². The molecule has 0 atom stereocenters. The van der Waals surface area contributed by atoms with Crippen molar-refractivity contribution in [1.29, 1.82) is 0 Å². The van der Waals surface area contributed by atoms with Gasteiger partial charge in [0.1, 0.15) is 0 Å². The Morgan fingerprint density at radius 2 is 1.85 bits per heavy atom. The van der Waals surface area contributed by atoms with Crippen LogP contribution in [0.25, 0.3) is 6.08 Å². The maximum Gasteiger partial charge on any atom is 0.185 e. The topological polar surface area (TPSA) is 57.5 Å². The Balaban J connectivity index is 2.23. The number of carbonyl (C=O) groups is 1. The van der Waals surface area contributed by atoms with Gasteiger partial charge in [-0.1, -0.05) is 41.4 Å². The van der Waals surface area contributed by atoms with Crippen LogP contribution >= 0.6 is 23.2 Å². The molecule has 0 saturated heterocycles. The number of ketones is 1. The van der Waals surface area contributed by atoms with Gasteiger partial charge in [0.05, 0.1) is 5.02 Å². The zero-order chi connectivity index (χ0) is 14.7. The van der Waals surface area contributed by atoms with Crippen LogP contribution in [0.2, 0.25) is 10.0 Å². The summed E-state index contributed by atoms with van der Waals surface area (Å²) in [6.07, 6.45) is 2.84. The largest absolute Gasteiger partial charge is 0.504 e. The summed E-state index contributed by atoms with van der Waals surface area (Å²) >= 11 is 11.5. The highest BCUT2D eigenvalue weighted by Crippen LogP contribution is 2.34. The van der Waals surface area contributed by atoms with Gasteiger partial charge < -0.3 is 10.2 Å². The number of benzene rings is 2. The van der Waals surface area contributed by atoms with Crippen molar-refractivity contribution in [2.45, 2.75) is 0 Å². The second kappa shape index (κ2) is 5.99. The number of halogens is 2. The number of phenolic OH excluding ortho intramolecular Hbond substituents is 2. The quantitative estimate of drug-likeness (QED) is 0.505. The Bertz CT molecular complexity index is 670. The number of carbonyl (C=O) groups excluding carboxylic acids is 1. The first-order chi connectivity index (χ1) is 9.47. The Hall–Kier alpha value is -1.97. The predicted octanol–water partition coefficient (Wildman–Crippen LogP) is 4.30. The normalized spacial score (nSPS) is 10.9. The average Bonchev–Trinajstić information content (AvgIpc) is 2.42. The molecule has 0 aromatic heterocycles. The van der Waals surface area contributed by atoms with Crippen molar-refractivity contribution in [2.75, 3.05) is 0 Å². The Labute approximate surface area is 125 Å². The summed E-state index contributed by atoms with van der Waals surface area (Å²) in [5, 5.41) is 19.3. The average molecular weight is 309 g/mol. The molecule has 2 aromatic carbocycles. The lowest BCUT2D eigenvalue weighted by molar-refractivity contribution is 0.104. The van der Waals surface area contributed by atoms with Gasteiger partial charge in [-0.3, -0.25) is 4.79 Å². The maximum absolute atomic E-state index is 11.9. The fourth-order valence-electron chi connectivity index (χ4n) is 1.61. The highest BCUT2D eigenvalue weighted by atomic mass is 35.5. The molecule has 0 spiro atoms. The van der Waals surface area contributed by atoms with Crippen LogP contribution < -0.4 is 0 Å². The van der Waals surface area contributed by atoms with Crippen LogP contribution in [0.4, 0.5) is 0 Å². The van der Waals surface area contributed by atoms with Gasteiger partial charge in [-0.05, 0) is 35.9 Å². The van der Waals surface area contributed by atoms with Gasteiger partial charge in [0, 0.05) is 10.6 Å². The van der Waals surface area contributed by atoms with Gasteiger partial charge in [0.2, 0.25) is 0 Å². The molecule has 0 bridgehead atoms. The lowest BCUT2D eigenvalue weighted by Crippen LogP contribution is -1.93. The van der Waals surface area contributed by atoms with Crippen molar-refractivity contribution < 1.29 is 15.0 Å². The minimum Gasteiger partial charge on any atom is -0.504 e. The van der Waals surface area contributed by atoms with E-state index in [9.17, 15) is 15.0 Å². The molecule has 2 aromatic rings. The Morgan fingerprint density at radius 3 is 2.50 bits per heavy atom. The predicted molar refractivity (Wildman–Crippen MR) is 79.6 cm³/mol. The second-order valence-corrected chi connectivity index (χ2v) is 4.92. The summed E-state index contributed by atoms with van der Waals surface area (Å²) in [6, 6.07) is 9.34. The molecule has 5 heteroatoms. The molecule has 2 rings (SSSR count). The zero-order valence-electron chi connectivity index (χ0n) is 10.2. The van der Waals surface area contributed by atoms with Crippen LogP contribution in [0, 0.1) is 0 Å². The third kappa shape index (κ3) is 3.32. The summed E-state index contributed by atoms with van der Waals surface area (Å²) in [7, 11) is 0. The second-order valence-electron chi connectivity index (χ2n) is 4.08. The fourth-order valence-corrected chi connectivity index (χ4v) is 2.02. The molecule has 0 aliphatic rings. The van der Waals surface area contributed by atoms with Crippen molar-refractivity contribution in [3.8, 4) is 11.5 Å². The molecular weight excluding hydrogens is 299 g/mol. The smallest absolute Gasteiger partial charge is 0.185 e. The summed E-state index contributed by atoms with van der Waals surface area (Å²) in [5.41, 5.74) is 0.962. The number of hydrogen-bond donors (Lipinski definition) is 2. The number of allylic oxidation sites excluding steroid dienone is 1. The monoisotopic (exact) mass is 308 g/mol. The van der Waals surface area contributed by atoms with Crippen LogP contribution in [-0.4, -0.2) is 16.0 Å². The van der Waals surface area contributed by atoms with E-state index in [-0.39, 0.29) is 22.3 Å². The lowest BCUT2D eigenvalue weighted by Gasteiger charge is -2.02. The van der Waals surface area contributed by atoms with E-state index in [1.165, 1.54) is 24.3 Å². The molecule has 20 heavy (non-hydrogen) atoms. The van der Waals surface area contributed by atoms with Crippen molar-refractivity contribution in [3.05, 3.63) is 63.6 Å². The molecule has 3 nitrogen and oxygen atoms in total. The molecule has 0 heterocycles.